The first-order valence-electron chi connectivity index (χ1n) is 19.2. The Morgan fingerprint density at radius 1 is 0.579 bits per heavy atom. The molecule has 0 amide bonds. The Morgan fingerprint density at radius 3 is 1.51 bits per heavy atom. The molecule has 0 bridgehead atoms. The van der Waals surface area contributed by atoms with Crippen LogP contribution in [0.1, 0.15) is 20.3 Å². The molecule has 290 valence electrons. The van der Waals surface area contributed by atoms with Gasteiger partial charge in [0.2, 0.25) is 0 Å². The van der Waals surface area contributed by atoms with E-state index in [2.05, 4.69) is 176 Å². The summed E-state index contributed by atoms with van der Waals surface area (Å²) in [6.07, 6.45) is -0.278. The number of aliphatic hydroxyl groups is 2. The molecule has 3 heterocycles. The molecule has 2 atom stereocenters. The van der Waals surface area contributed by atoms with E-state index < -0.39 is 0 Å². The SMILES string of the molecule is CC(O)CC(C)O.CN(C)B1B(N(C)C)N(c2ccc(-c3ccc4c(c3)oc3ccccc34)cc2)[C](=[Pt])N1c1[c-]cc(-c2ccc3c(c2)oc2ccccc23)cc1. The van der Waals surface area contributed by atoms with Crippen molar-refractivity contribution in [3.05, 3.63) is 133 Å². The second-order valence-electron chi connectivity index (χ2n) is 15.3. The van der Waals surface area contributed by atoms with Crippen LogP contribution in [0, 0.1) is 6.07 Å². The first kappa shape index (κ1) is 38.9. The molecule has 2 N–H and O–H groups in total. The summed E-state index contributed by atoms with van der Waals surface area (Å²) in [4.78, 5) is 9.40. The summed E-state index contributed by atoms with van der Waals surface area (Å²) in [7, 11) is 8.60. The average molecular weight is 935 g/mol. The summed E-state index contributed by atoms with van der Waals surface area (Å²) in [5.74, 6) is 0. The Kier molecular flexibility index (Phi) is 11.0. The van der Waals surface area contributed by atoms with Crippen molar-refractivity contribution in [1.29, 1.82) is 0 Å². The van der Waals surface area contributed by atoms with Gasteiger partial charge in [0.05, 0.1) is 12.2 Å². The number of hydrogen-bond acceptors (Lipinski definition) is 8. The molecule has 57 heavy (non-hydrogen) atoms. The van der Waals surface area contributed by atoms with Gasteiger partial charge in [-0.05, 0) is 20.3 Å². The van der Waals surface area contributed by atoms with Gasteiger partial charge in [0.15, 0.2) is 0 Å². The quantitative estimate of drug-likeness (QED) is 0.116. The minimum absolute atomic E-state index is 0.0432. The molecule has 2 unspecified atom stereocenters. The first-order chi connectivity index (χ1) is 27.5. The van der Waals surface area contributed by atoms with E-state index in [1.165, 1.54) is 0 Å². The maximum atomic E-state index is 8.56. The summed E-state index contributed by atoms with van der Waals surface area (Å²) < 4.78 is 13.5. The fourth-order valence-corrected chi connectivity index (χ4v) is 9.10. The molecule has 1 fully saturated rings. The zero-order valence-corrected chi connectivity index (χ0v) is 35.2. The molecule has 6 aromatic carbocycles. The van der Waals surface area contributed by atoms with E-state index in [1.54, 1.807) is 13.8 Å². The number of rotatable bonds is 8. The molecule has 1 aliphatic heterocycles. The van der Waals surface area contributed by atoms with Crippen LogP contribution in [0.2, 0.25) is 0 Å². The van der Waals surface area contributed by atoms with Crippen molar-refractivity contribution in [3.8, 4) is 22.3 Å². The summed E-state index contributed by atoms with van der Waals surface area (Å²) in [6, 6.07) is 48.4. The number of hydrogen-bond donors (Lipinski definition) is 2. The number of furan rings is 2. The zero-order valence-electron chi connectivity index (χ0n) is 33.0. The van der Waals surface area contributed by atoms with Crippen molar-refractivity contribution in [2.75, 3.05) is 37.8 Å². The van der Waals surface area contributed by atoms with Crippen molar-refractivity contribution in [3.63, 3.8) is 0 Å². The van der Waals surface area contributed by atoms with Gasteiger partial charge in [0.1, 0.15) is 0 Å². The van der Waals surface area contributed by atoms with Crippen molar-refractivity contribution < 1.29 is 38.4 Å². The van der Waals surface area contributed by atoms with Gasteiger partial charge in [-0.25, -0.2) is 0 Å². The Morgan fingerprint density at radius 2 is 1.04 bits per heavy atom. The molecule has 8 aromatic rings. The standard InChI is InChI=1S/C41H33B2N4O2.C5H12O2.Pt/c1-44(2)42-43(45(3)4)47(33-21-15-29(16-22-33)31-18-24-37-35-10-6-8-12-39(35)49-41(37)26-31)27-46(42)32-19-13-28(14-20-32)30-17-23-36-34-9-5-7-11-38(34)48-40(36)25-30;1-4(6)3-5(2)7;/h5-21,23-26H,1-4H3;4-7H,3H2,1-2H3;/q-1;;. The van der Waals surface area contributed by atoms with Crippen LogP contribution < -0.4 is 9.62 Å². The van der Waals surface area contributed by atoms with Gasteiger partial charge in [-0.1, -0.05) is 24.3 Å². The summed E-state index contributed by atoms with van der Waals surface area (Å²) >= 11 is 2.48. The maximum absolute atomic E-state index is 8.56. The van der Waals surface area contributed by atoms with E-state index in [4.69, 9.17) is 19.0 Å². The van der Waals surface area contributed by atoms with Crippen LogP contribution in [-0.4, -0.2) is 78.1 Å². The topological polar surface area (TPSA) is 79.7 Å². The van der Waals surface area contributed by atoms with Crippen molar-refractivity contribution in [2.24, 2.45) is 0 Å². The van der Waals surface area contributed by atoms with Crippen LogP contribution in [0.15, 0.2) is 136 Å². The second kappa shape index (κ2) is 16.1. The molecule has 0 saturated carbocycles. The van der Waals surface area contributed by atoms with Gasteiger partial charge in [0, 0.05) is 0 Å². The van der Waals surface area contributed by atoms with Crippen molar-refractivity contribution >= 4 is 73.1 Å². The number of anilines is 2. The van der Waals surface area contributed by atoms with E-state index >= 15 is 0 Å². The zero-order chi connectivity index (χ0) is 40.0. The fraction of sp³-hybridized carbons (Fsp3) is 0.196. The summed E-state index contributed by atoms with van der Waals surface area (Å²) in [5, 5.41) is 21.7. The third-order valence-electron chi connectivity index (χ3n) is 10.5. The molecule has 11 heteroatoms. The van der Waals surface area contributed by atoms with Gasteiger partial charge < -0.3 is 10.2 Å². The first-order valence-corrected chi connectivity index (χ1v) is 20.3. The molecule has 0 radical (unpaired) electrons. The van der Waals surface area contributed by atoms with E-state index in [9.17, 15) is 0 Å². The molecule has 2 aromatic heterocycles. The van der Waals surface area contributed by atoms with Gasteiger partial charge in [-0.3, -0.25) is 0 Å². The molecule has 1 saturated heterocycles. The molecule has 0 aliphatic carbocycles. The van der Waals surface area contributed by atoms with Gasteiger partial charge in [-0.2, -0.15) is 0 Å². The average Bonchev–Trinajstić information content (AvgIpc) is 3.86. The van der Waals surface area contributed by atoms with Crippen LogP contribution >= 0.6 is 0 Å². The molecule has 1 aliphatic rings. The van der Waals surface area contributed by atoms with Crippen molar-refractivity contribution in [2.45, 2.75) is 32.5 Å². The number of nitrogens with zero attached hydrogens (tertiary/aromatic N) is 4. The minimum atomic E-state index is -0.375. The molecule has 9 rings (SSSR count). The number of benzene rings is 6. The molecule has 8 nitrogen and oxygen atoms in total. The molecular formula is C46H45B2N4O4Pt-. The molecule has 0 spiro atoms. The van der Waals surface area contributed by atoms with Crippen LogP contribution in [0.4, 0.5) is 11.4 Å². The Hall–Kier alpha value is -4.95. The Bertz CT molecular complexity index is 2510. The number of aliphatic hydroxyl groups excluding tert-OH is 2. The predicted molar refractivity (Wildman–Crippen MR) is 234 cm³/mol. The van der Waals surface area contributed by atoms with Crippen LogP contribution in [-0.2, 0) is 19.4 Å². The summed E-state index contributed by atoms with van der Waals surface area (Å²) in [5.41, 5.74) is 10.3. The second-order valence-corrected chi connectivity index (χ2v) is 16.3. The molecular weight excluding hydrogens is 889 g/mol. The third-order valence-corrected chi connectivity index (χ3v) is 11.6. The normalized spacial score (nSPS) is 14.5. The Balaban J connectivity index is 0.000000598. The van der Waals surface area contributed by atoms with Gasteiger partial charge in [0.25, 0.3) is 0 Å². The third kappa shape index (κ3) is 7.61. The van der Waals surface area contributed by atoms with Gasteiger partial charge >= 0.3 is 280 Å². The summed E-state index contributed by atoms with van der Waals surface area (Å²) in [6.45, 7) is 3.42. The number of fused-ring (bicyclic) bond motifs is 6. The fourth-order valence-electron chi connectivity index (χ4n) is 7.93. The predicted octanol–water partition coefficient (Wildman–Crippen LogP) is 8.90. The van der Waals surface area contributed by atoms with Crippen molar-refractivity contribution in [1.82, 2.24) is 9.62 Å². The van der Waals surface area contributed by atoms with Crippen LogP contribution in [0.25, 0.3) is 66.1 Å². The monoisotopic (exact) mass is 934 g/mol. The van der Waals surface area contributed by atoms with Crippen LogP contribution in [0.3, 0.4) is 0 Å². The van der Waals surface area contributed by atoms with E-state index in [0.29, 0.717) is 6.42 Å². The van der Waals surface area contributed by atoms with Gasteiger partial charge in [-0.15, -0.1) is 0 Å². The Labute approximate surface area is 345 Å². The van der Waals surface area contributed by atoms with Crippen LogP contribution in [0.5, 0.6) is 0 Å². The van der Waals surface area contributed by atoms with E-state index in [1.807, 2.05) is 24.3 Å². The van der Waals surface area contributed by atoms with E-state index in [-0.39, 0.29) is 26.0 Å². The number of para-hydroxylation sites is 2. The van der Waals surface area contributed by atoms with E-state index in [0.717, 1.165) is 81.7 Å².